The Bertz CT molecular complexity index is 681. The average molecular weight is 322 g/mol. The summed E-state index contributed by atoms with van der Waals surface area (Å²) in [6, 6.07) is 19.2. The van der Waals surface area contributed by atoms with Crippen LogP contribution in [-0.2, 0) is 4.79 Å². The fourth-order valence-corrected chi connectivity index (χ4v) is 2.84. The van der Waals surface area contributed by atoms with Gasteiger partial charge in [0.25, 0.3) is 0 Å². The van der Waals surface area contributed by atoms with Crippen LogP contribution in [0.5, 0.6) is 0 Å². The Labute approximate surface area is 144 Å². The van der Waals surface area contributed by atoms with Crippen LogP contribution in [0.25, 0.3) is 0 Å². The molecule has 0 spiro atoms. The molecule has 0 unspecified atom stereocenters. The van der Waals surface area contributed by atoms with E-state index < -0.39 is 5.41 Å². The van der Waals surface area contributed by atoms with Crippen molar-refractivity contribution in [3.63, 3.8) is 0 Å². The molecule has 0 aromatic heterocycles. The molecule has 0 aliphatic carbocycles. The zero-order valence-electron chi connectivity index (χ0n) is 15.0. The molecular formula is C22H26O2. The van der Waals surface area contributed by atoms with E-state index in [1.165, 1.54) is 0 Å². The molecule has 0 aliphatic heterocycles. The third kappa shape index (κ3) is 4.41. The highest BCUT2D eigenvalue weighted by Gasteiger charge is 2.31. The molecule has 0 saturated heterocycles. The first-order valence-electron chi connectivity index (χ1n) is 8.48. The zero-order valence-corrected chi connectivity index (χ0v) is 15.0. The van der Waals surface area contributed by atoms with E-state index in [4.69, 9.17) is 0 Å². The van der Waals surface area contributed by atoms with Gasteiger partial charge in [-0.15, -0.1) is 0 Å². The number of carbonyl (C=O) groups is 2. The molecule has 24 heavy (non-hydrogen) atoms. The highest BCUT2D eigenvalue weighted by atomic mass is 16.1. The van der Waals surface area contributed by atoms with Crippen molar-refractivity contribution in [2.75, 3.05) is 0 Å². The van der Waals surface area contributed by atoms with Crippen molar-refractivity contribution in [2.24, 2.45) is 11.3 Å². The number of rotatable bonds is 6. The second-order valence-electron chi connectivity index (χ2n) is 7.41. The monoisotopic (exact) mass is 322 g/mol. The maximum Gasteiger partial charge on any atom is 0.166 e. The van der Waals surface area contributed by atoms with E-state index in [0.717, 1.165) is 5.56 Å². The van der Waals surface area contributed by atoms with Crippen LogP contribution in [0, 0.1) is 11.3 Å². The smallest absolute Gasteiger partial charge is 0.166 e. The summed E-state index contributed by atoms with van der Waals surface area (Å²) in [4.78, 5) is 25.5. The van der Waals surface area contributed by atoms with Gasteiger partial charge in [-0.05, 0) is 5.56 Å². The molecule has 2 atom stereocenters. The normalized spacial score (nSPS) is 14.0. The van der Waals surface area contributed by atoms with Gasteiger partial charge in [-0.1, -0.05) is 88.4 Å². The van der Waals surface area contributed by atoms with E-state index in [1.807, 2.05) is 88.4 Å². The summed E-state index contributed by atoms with van der Waals surface area (Å²) in [7, 11) is 0. The van der Waals surface area contributed by atoms with Crippen molar-refractivity contribution in [3.8, 4) is 0 Å². The largest absolute Gasteiger partial charge is 0.299 e. The first-order valence-corrected chi connectivity index (χ1v) is 8.48. The highest BCUT2D eigenvalue weighted by molar-refractivity contribution is 5.98. The summed E-state index contributed by atoms with van der Waals surface area (Å²) in [6.45, 7) is 7.73. The number of benzene rings is 2. The average Bonchev–Trinajstić information content (AvgIpc) is 2.59. The quantitative estimate of drug-likeness (QED) is 0.677. The molecule has 0 aliphatic rings. The predicted molar refractivity (Wildman–Crippen MR) is 98.2 cm³/mol. The van der Waals surface area contributed by atoms with Gasteiger partial charge in [0, 0.05) is 29.2 Å². The summed E-state index contributed by atoms with van der Waals surface area (Å²) < 4.78 is 0. The summed E-state index contributed by atoms with van der Waals surface area (Å²) in [5, 5.41) is 0. The van der Waals surface area contributed by atoms with Gasteiger partial charge in [-0.2, -0.15) is 0 Å². The second-order valence-corrected chi connectivity index (χ2v) is 7.41. The Hall–Kier alpha value is -2.22. The minimum atomic E-state index is -0.400. The maximum atomic E-state index is 12.9. The molecule has 2 rings (SSSR count). The molecule has 0 saturated carbocycles. The Morgan fingerprint density at radius 3 is 1.88 bits per heavy atom. The summed E-state index contributed by atoms with van der Waals surface area (Å²) in [5.41, 5.74) is 1.35. The van der Waals surface area contributed by atoms with Gasteiger partial charge in [0.2, 0.25) is 0 Å². The van der Waals surface area contributed by atoms with Crippen LogP contribution < -0.4 is 0 Å². The number of ketones is 2. The molecule has 0 radical (unpaired) electrons. The SMILES string of the molecule is C[C@@H](C(=O)c1ccccc1)[C@H](CC(=O)C(C)(C)C)c1ccccc1. The minimum absolute atomic E-state index is 0.0890. The minimum Gasteiger partial charge on any atom is -0.299 e. The first kappa shape index (κ1) is 18.1. The zero-order chi connectivity index (χ0) is 17.7. The lowest BCUT2D eigenvalue weighted by molar-refractivity contribution is -0.126. The van der Waals surface area contributed by atoms with Gasteiger partial charge in [0.1, 0.15) is 5.78 Å². The van der Waals surface area contributed by atoms with Crippen LogP contribution in [0.15, 0.2) is 60.7 Å². The van der Waals surface area contributed by atoms with E-state index in [0.29, 0.717) is 12.0 Å². The van der Waals surface area contributed by atoms with E-state index in [-0.39, 0.29) is 23.4 Å². The van der Waals surface area contributed by atoms with Crippen LogP contribution in [-0.4, -0.2) is 11.6 Å². The molecular weight excluding hydrogens is 296 g/mol. The molecule has 0 fully saturated rings. The van der Waals surface area contributed by atoms with E-state index in [9.17, 15) is 9.59 Å². The number of hydrogen-bond donors (Lipinski definition) is 0. The fourth-order valence-electron chi connectivity index (χ4n) is 2.84. The van der Waals surface area contributed by atoms with Crippen LogP contribution in [0.3, 0.4) is 0 Å². The van der Waals surface area contributed by atoms with Gasteiger partial charge in [-0.3, -0.25) is 9.59 Å². The molecule has 0 amide bonds. The number of Topliss-reactive ketones (excluding diaryl/α,β-unsaturated/α-hetero) is 2. The third-order valence-corrected chi connectivity index (χ3v) is 4.54. The molecule has 126 valence electrons. The molecule has 0 N–H and O–H groups in total. The number of carbonyl (C=O) groups excluding carboxylic acids is 2. The predicted octanol–water partition coefficient (Wildman–Crippen LogP) is 5.29. The Morgan fingerprint density at radius 2 is 1.38 bits per heavy atom. The van der Waals surface area contributed by atoms with Crippen molar-refractivity contribution < 1.29 is 9.59 Å². The Balaban J connectivity index is 2.32. The summed E-state index contributed by atoms with van der Waals surface area (Å²) >= 11 is 0. The standard InChI is InChI=1S/C22H26O2/c1-16(21(24)18-13-9-6-10-14-18)19(15-20(23)22(2,3)4)17-11-7-5-8-12-17/h5-14,16,19H,15H2,1-4H3/t16-,19+/m1/s1. The number of hydrogen-bond acceptors (Lipinski definition) is 2. The lowest BCUT2D eigenvalue weighted by Gasteiger charge is -2.26. The van der Waals surface area contributed by atoms with Gasteiger partial charge < -0.3 is 0 Å². The highest BCUT2D eigenvalue weighted by Crippen LogP contribution is 2.33. The molecule has 0 heterocycles. The summed E-state index contributed by atoms with van der Waals surface area (Å²) in [5.74, 6) is -0.0815. The Kier molecular flexibility index (Phi) is 5.71. The van der Waals surface area contributed by atoms with Gasteiger partial charge >= 0.3 is 0 Å². The molecule has 2 heteroatoms. The maximum absolute atomic E-state index is 12.9. The second kappa shape index (κ2) is 7.57. The molecule has 2 aromatic carbocycles. The topological polar surface area (TPSA) is 34.1 Å². The van der Waals surface area contributed by atoms with E-state index in [2.05, 4.69) is 0 Å². The van der Waals surface area contributed by atoms with Gasteiger partial charge in [0.15, 0.2) is 5.78 Å². The first-order chi connectivity index (χ1) is 11.3. The molecule has 0 bridgehead atoms. The Morgan fingerprint density at radius 1 is 0.875 bits per heavy atom. The van der Waals surface area contributed by atoms with Gasteiger partial charge in [-0.25, -0.2) is 0 Å². The van der Waals surface area contributed by atoms with Crippen LogP contribution in [0.4, 0.5) is 0 Å². The lowest BCUT2D eigenvalue weighted by Crippen LogP contribution is -2.27. The molecule has 2 aromatic rings. The third-order valence-electron chi connectivity index (χ3n) is 4.54. The molecule has 2 nitrogen and oxygen atoms in total. The van der Waals surface area contributed by atoms with Crippen molar-refractivity contribution in [1.82, 2.24) is 0 Å². The van der Waals surface area contributed by atoms with Crippen LogP contribution in [0.1, 0.15) is 56.0 Å². The van der Waals surface area contributed by atoms with Crippen molar-refractivity contribution in [3.05, 3.63) is 71.8 Å². The van der Waals surface area contributed by atoms with E-state index in [1.54, 1.807) is 0 Å². The van der Waals surface area contributed by atoms with Crippen molar-refractivity contribution in [1.29, 1.82) is 0 Å². The lowest BCUT2D eigenvalue weighted by atomic mass is 9.76. The van der Waals surface area contributed by atoms with Crippen molar-refractivity contribution in [2.45, 2.75) is 40.0 Å². The summed E-state index contributed by atoms with van der Waals surface area (Å²) in [6.07, 6.45) is 0.382. The fraction of sp³-hybridized carbons (Fsp3) is 0.364. The van der Waals surface area contributed by atoms with Crippen LogP contribution in [0.2, 0.25) is 0 Å². The van der Waals surface area contributed by atoms with Gasteiger partial charge in [0.05, 0.1) is 0 Å². The van der Waals surface area contributed by atoms with Crippen LogP contribution >= 0.6 is 0 Å². The van der Waals surface area contributed by atoms with Crippen molar-refractivity contribution >= 4 is 11.6 Å². The van der Waals surface area contributed by atoms with E-state index >= 15 is 0 Å².